The number of halogens is 1. The Morgan fingerprint density at radius 1 is 1.33 bits per heavy atom. The number of nitrogens with one attached hydrogen (secondary N) is 1. The molecule has 0 radical (unpaired) electrons. The number of hydrogen-bond donors (Lipinski definition) is 1. The summed E-state index contributed by atoms with van der Waals surface area (Å²) in [4.78, 5) is 12.2. The van der Waals surface area contributed by atoms with Crippen LogP contribution in [0.1, 0.15) is 42.1 Å². The topological polar surface area (TPSA) is 29.1 Å². The van der Waals surface area contributed by atoms with Gasteiger partial charge in [-0.3, -0.25) is 4.79 Å². The molecule has 0 saturated carbocycles. The molecule has 0 aliphatic heterocycles. The molecule has 1 aromatic rings. The van der Waals surface area contributed by atoms with Crippen molar-refractivity contribution < 1.29 is 4.79 Å². The fourth-order valence-electron chi connectivity index (χ4n) is 2.43. The number of aryl methyl sites for hydroxylation is 1. The maximum Gasteiger partial charge on any atom is 0.167 e. The first-order valence-corrected chi connectivity index (χ1v) is 6.65. The number of fused-ring (bicyclic) bond motifs is 1. The van der Waals surface area contributed by atoms with Crippen molar-refractivity contribution in [2.75, 3.05) is 13.1 Å². The Morgan fingerprint density at radius 3 is 2.89 bits per heavy atom. The molecule has 1 aliphatic carbocycles. The summed E-state index contributed by atoms with van der Waals surface area (Å²) >= 11 is 0. The van der Waals surface area contributed by atoms with Crippen LogP contribution in [0.5, 0.6) is 0 Å². The normalized spacial score (nSPS) is 18.1. The molecule has 0 fully saturated rings. The molecule has 0 aromatic heterocycles. The van der Waals surface area contributed by atoms with Gasteiger partial charge in [0.2, 0.25) is 0 Å². The van der Waals surface area contributed by atoms with Crippen LogP contribution in [0, 0.1) is 5.92 Å². The number of rotatable bonds is 5. The minimum atomic E-state index is 0. The molecule has 0 saturated heterocycles. The molecule has 2 rings (SSSR count). The highest BCUT2D eigenvalue weighted by molar-refractivity contribution is 6.00. The second-order valence-electron chi connectivity index (χ2n) is 4.81. The van der Waals surface area contributed by atoms with Crippen molar-refractivity contribution in [2.24, 2.45) is 5.92 Å². The Balaban J connectivity index is 0.00000162. The minimum Gasteiger partial charge on any atom is -0.316 e. The van der Waals surface area contributed by atoms with Gasteiger partial charge in [-0.05, 0) is 31.4 Å². The highest BCUT2D eigenvalue weighted by Crippen LogP contribution is 2.24. The lowest BCUT2D eigenvalue weighted by molar-refractivity contribution is 0.0901. The van der Waals surface area contributed by atoms with Crippen molar-refractivity contribution in [3.63, 3.8) is 0 Å². The first-order chi connectivity index (χ1) is 8.33. The second kappa shape index (κ2) is 7.55. The quantitative estimate of drug-likeness (QED) is 0.830. The van der Waals surface area contributed by atoms with Crippen molar-refractivity contribution >= 4 is 18.2 Å². The Kier molecular flexibility index (Phi) is 6.37. The van der Waals surface area contributed by atoms with E-state index in [1.807, 2.05) is 18.2 Å². The van der Waals surface area contributed by atoms with Gasteiger partial charge in [-0.2, -0.15) is 0 Å². The van der Waals surface area contributed by atoms with E-state index in [-0.39, 0.29) is 18.3 Å². The van der Waals surface area contributed by atoms with Gasteiger partial charge in [0.1, 0.15) is 0 Å². The molecular weight excluding hydrogens is 246 g/mol. The van der Waals surface area contributed by atoms with Crippen LogP contribution < -0.4 is 5.32 Å². The lowest BCUT2D eigenvalue weighted by atomic mass is 9.83. The van der Waals surface area contributed by atoms with Crippen LogP contribution in [-0.4, -0.2) is 18.9 Å². The molecule has 100 valence electrons. The number of carbonyl (C=O) groups excluding carboxylic acids is 1. The summed E-state index contributed by atoms with van der Waals surface area (Å²) in [5.41, 5.74) is 2.17. The molecule has 0 heterocycles. The molecule has 0 spiro atoms. The van der Waals surface area contributed by atoms with Gasteiger partial charge in [-0.25, -0.2) is 0 Å². The van der Waals surface area contributed by atoms with Crippen molar-refractivity contribution in [3.8, 4) is 0 Å². The number of unbranched alkanes of at least 4 members (excludes halogenated alkanes) is 1. The van der Waals surface area contributed by atoms with E-state index in [1.165, 1.54) is 18.4 Å². The standard InChI is InChI=1S/C15H21NO.ClH/c1-2-3-10-16-11-13-9-8-12-6-4-5-7-14(12)15(13)17;/h4-7,13,16H,2-3,8-11H2,1H3;1H. The number of benzene rings is 1. The van der Waals surface area contributed by atoms with Crippen LogP contribution in [0.15, 0.2) is 24.3 Å². The van der Waals surface area contributed by atoms with Crippen molar-refractivity contribution in [3.05, 3.63) is 35.4 Å². The Labute approximate surface area is 116 Å². The molecule has 0 amide bonds. The maximum absolute atomic E-state index is 12.2. The lowest BCUT2D eigenvalue weighted by Gasteiger charge is -2.23. The molecule has 1 unspecified atom stereocenters. The predicted molar refractivity (Wildman–Crippen MR) is 77.6 cm³/mol. The van der Waals surface area contributed by atoms with Crippen molar-refractivity contribution in [1.29, 1.82) is 0 Å². The van der Waals surface area contributed by atoms with E-state index in [2.05, 4.69) is 18.3 Å². The fourth-order valence-corrected chi connectivity index (χ4v) is 2.43. The van der Waals surface area contributed by atoms with Gasteiger partial charge < -0.3 is 5.32 Å². The van der Waals surface area contributed by atoms with Crippen LogP contribution in [0.3, 0.4) is 0 Å². The molecule has 1 aromatic carbocycles. The van der Waals surface area contributed by atoms with Crippen LogP contribution >= 0.6 is 12.4 Å². The fraction of sp³-hybridized carbons (Fsp3) is 0.533. The third-order valence-corrected chi connectivity index (χ3v) is 3.51. The molecule has 1 aliphatic rings. The van der Waals surface area contributed by atoms with Crippen LogP contribution in [0.2, 0.25) is 0 Å². The van der Waals surface area contributed by atoms with Gasteiger partial charge in [0.05, 0.1) is 0 Å². The SMILES string of the molecule is CCCCNCC1CCc2ccccc2C1=O.Cl. The molecule has 1 N–H and O–H groups in total. The zero-order chi connectivity index (χ0) is 12.1. The monoisotopic (exact) mass is 267 g/mol. The average molecular weight is 268 g/mol. The Bertz CT molecular complexity index is 392. The zero-order valence-electron chi connectivity index (χ0n) is 10.9. The van der Waals surface area contributed by atoms with Gasteiger partial charge in [-0.1, -0.05) is 37.6 Å². The van der Waals surface area contributed by atoms with E-state index in [0.29, 0.717) is 5.78 Å². The molecule has 2 nitrogen and oxygen atoms in total. The van der Waals surface area contributed by atoms with Crippen LogP contribution in [-0.2, 0) is 6.42 Å². The van der Waals surface area contributed by atoms with E-state index in [4.69, 9.17) is 0 Å². The minimum absolute atomic E-state index is 0. The third-order valence-electron chi connectivity index (χ3n) is 3.51. The zero-order valence-corrected chi connectivity index (χ0v) is 11.8. The number of ketones is 1. The molecular formula is C15H22ClNO. The second-order valence-corrected chi connectivity index (χ2v) is 4.81. The molecule has 1 atom stereocenters. The van der Waals surface area contributed by atoms with Gasteiger partial charge in [0.25, 0.3) is 0 Å². The van der Waals surface area contributed by atoms with E-state index in [9.17, 15) is 4.79 Å². The van der Waals surface area contributed by atoms with E-state index >= 15 is 0 Å². The predicted octanol–water partition coefficient (Wildman–Crippen LogP) is 3.24. The highest BCUT2D eigenvalue weighted by Gasteiger charge is 2.26. The lowest BCUT2D eigenvalue weighted by Crippen LogP contribution is -2.32. The van der Waals surface area contributed by atoms with Crippen LogP contribution in [0.25, 0.3) is 0 Å². The summed E-state index contributed by atoms with van der Waals surface area (Å²) in [6.07, 6.45) is 4.43. The summed E-state index contributed by atoms with van der Waals surface area (Å²) < 4.78 is 0. The first-order valence-electron chi connectivity index (χ1n) is 6.65. The van der Waals surface area contributed by atoms with Gasteiger partial charge >= 0.3 is 0 Å². The number of Topliss-reactive ketones (excluding diaryl/α,β-unsaturated/α-hetero) is 1. The number of hydrogen-bond acceptors (Lipinski definition) is 2. The van der Waals surface area contributed by atoms with E-state index in [1.54, 1.807) is 0 Å². The van der Waals surface area contributed by atoms with Crippen LogP contribution in [0.4, 0.5) is 0 Å². The van der Waals surface area contributed by atoms with Crippen molar-refractivity contribution in [2.45, 2.75) is 32.6 Å². The highest BCUT2D eigenvalue weighted by atomic mass is 35.5. The van der Waals surface area contributed by atoms with Gasteiger partial charge in [-0.15, -0.1) is 12.4 Å². The largest absolute Gasteiger partial charge is 0.316 e. The van der Waals surface area contributed by atoms with E-state index in [0.717, 1.165) is 31.5 Å². The Hall–Kier alpha value is -0.860. The summed E-state index contributed by atoms with van der Waals surface area (Å²) in [6.45, 7) is 4.05. The average Bonchev–Trinajstić information content (AvgIpc) is 2.37. The maximum atomic E-state index is 12.2. The first kappa shape index (κ1) is 15.2. The molecule has 18 heavy (non-hydrogen) atoms. The van der Waals surface area contributed by atoms with Gasteiger partial charge in [0, 0.05) is 18.0 Å². The summed E-state index contributed by atoms with van der Waals surface area (Å²) in [6, 6.07) is 8.03. The summed E-state index contributed by atoms with van der Waals surface area (Å²) in [7, 11) is 0. The third kappa shape index (κ3) is 3.56. The Morgan fingerprint density at radius 2 is 2.11 bits per heavy atom. The summed E-state index contributed by atoms with van der Waals surface area (Å²) in [5.74, 6) is 0.512. The van der Waals surface area contributed by atoms with Crippen molar-refractivity contribution in [1.82, 2.24) is 5.32 Å². The van der Waals surface area contributed by atoms with Gasteiger partial charge in [0.15, 0.2) is 5.78 Å². The summed E-state index contributed by atoms with van der Waals surface area (Å²) in [5, 5.41) is 3.40. The smallest absolute Gasteiger partial charge is 0.167 e. The number of carbonyl (C=O) groups is 1. The molecule has 0 bridgehead atoms. The molecule has 3 heteroatoms. The van der Waals surface area contributed by atoms with E-state index < -0.39 is 0 Å².